The maximum absolute atomic E-state index is 13.8. The third kappa shape index (κ3) is 3.33. The molecule has 0 radical (unpaired) electrons. The number of rotatable bonds is 3. The molecule has 1 heterocycles. The topological polar surface area (TPSA) is 29.3 Å². The summed E-state index contributed by atoms with van der Waals surface area (Å²) in [5, 5.41) is 0.183. The van der Waals surface area contributed by atoms with Crippen molar-refractivity contribution < 1.29 is 4.39 Å². The van der Waals surface area contributed by atoms with Crippen molar-refractivity contribution in [2.24, 2.45) is 11.7 Å². The van der Waals surface area contributed by atoms with E-state index in [0.717, 1.165) is 18.5 Å². The van der Waals surface area contributed by atoms with E-state index in [-0.39, 0.29) is 16.9 Å². The van der Waals surface area contributed by atoms with Gasteiger partial charge in [-0.05, 0) is 63.4 Å². The number of benzene rings is 1. The molecule has 2 rings (SSSR count). The van der Waals surface area contributed by atoms with Crippen molar-refractivity contribution in [3.8, 4) is 0 Å². The first-order valence-electron chi connectivity index (χ1n) is 7.45. The molecule has 1 aromatic carbocycles. The second-order valence-electron chi connectivity index (χ2n) is 5.94. The van der Waals surface area contributed by atoms with Gasteiger partial charge in [0.05, 0.1) is 5.02 Å². The van der Waals surface area contributed by atoms with Crippen LogP contribution in [0.2, 0.25) is 5.02 Å². The average molecular weight is 299 g/mol. The molecule has 20 heavy (non-hydrogen) atoms. The molecule has 1 aliphatic heterocycles. The Labute approximate surface area is 126 Å². The number of hydrogen-bond acceptors (Lipinski definition) is 2. The maximum Gasteiger partial charge on any atom is 0.142 e. The van der Waals surface area contributed by atoms with E-state index >= 15 is 0 Å². The molecule has 0 spiro atoms. The predicted octanol–water partition coefficient (Wildman–Crippen LogP) is 3.99. The average Bonchev–Trinajstić information content (AvgIpc) is 2.64. The highest BCUT2D eigenvalue weighted by Crippen LogP contribution is 2.36. The lowest BCUT2D eigenvalue weighted by Crippen LogP contribution is -2.39. The zero-order valence-corrected chi connectivity index (χ0v) is 13.0. The molecular weight excluding hydrogens is 275 g/mol. The summed E-state index contributed by atoms with van der Waals surface area (Å²) in [6.07, 6.45) is 3.48. The Morgan fingerprint density at radius 1 is 1.40 bits per heavy atom. The van der Waals surface area contributed by atoms with Gasteiger partial charge in [-0.25, -0.2) is 4.39 Å². The summed E-state index contributed by atoms with van der Waals surface area (Å²) in [7, 11) is 0. The summed E-state index contributed by atoms with van der Waals surface area (Å²) in [5.74, 6) is 0.0355. The predicted molar refractivity (Wildman–Crippen MR) is 82.4 cm³/mol. The van der Waals surface area contributed by atoms with Crippen molar-refractivity contribution in [1.29, 1.82) is 0 Å². The van der Waals surface area contributed by atoms with Crippen LogP contribution in [0.3, 0.4) is 0 Å². The van der Waals surface area contributed by atoms with Gasteiger partial charge in [0.1, 0.15) is 5.82 Å². The highest BCUT2D eigenvalue weighted by atomic mass is 35.5. The minimum Gasteiger partial charge on any atom is -0.330 e. The van der Waals surface area contributed by atoms with Crippen LogP contribution in [-0.4, -0.2) is 24.0 Å². The van der Waals surface area contributed by atoms with Gasteiger partial charge in [0, 0.05) is 12.1 Å². The van der Waals surface area contributed by atoms with Crippen LogP contribution in [-0.2, 0) is 0 Å². The SMILES string of the molecule is CC(C)N1CCCCC(CN)C1c1ccc(Cl)c(F)c1. The lowest BCUT2D eigenvalue weighted by atomic mass is 9.88. The minimum atomic E-state index is -0.340. The van der Waals surface area contributed by atoms with Crippen molar-refractivity contribution >= 4 is 11.6 Å². The molecule has 0 amide bonds. The summed E-state index contributed by atoms with van der Waals surface area (Å²) in [4.78, 5) is 2.45. The van der Waals surface area contributed by atoms with E-state index < -0.39 is 0 Å². The molecular formula is C16H24ClFN2. The van der Waals surface area contributed by atoms with Crippen molar-refractivity contribution in [3.05, 3.63) is 34.6 Å². The number of likely N-dealkylation sites (tertiary alicyclic amines) is 1. The first-order chi connectivity index (χ1) is 9.54. The molecule has 2 unspecified atom stereocenters. The van der Waals surface area contributed by atoms with E-state index in [2.05, 4.69) is 18.7 Å². The van der Waals surface area contributed by atoms with Crippen LogP contribution in [0.5, 0.6) is 0 Å². The molecule has 2 atom stereocenters. The molecule has 2 N–H and O–H groups in total. The first-order valence-corrected chi connectivity index (χ1v) is 7.83. The second-order valence-corrected chi connectivity index (χ2v) is 6.35. The van der Waals surface area contributed by atoms with Crippen LogP contribution in [0.15, 0.2) is 18.2 Å². The molecule has 1 aromatic rings. The Morgan fingerprint density at radius 3 is 2.75 bits per heavy atom. The van der Waals surface area contributed by atoms with Gasteiger partial charge < -0.3 is 5.73 Å². The molecule has 0 aromatic heterocycles. The van der Waals surface area contributed by atoms with Gasteiger partial charge in [-0.3, -0.25) is 4.90 Å². The zero-order valence-electron chi connectivity index (χ0n) is 12.3. The lowest BCUT2D eigenvalue weighted by Gasteiger charge is -2.38. The van der Waals surface area contributed by atoms with Crippen molar-refractivity contribution in [1.82, 2.24) is 4.90 Å². The summed E-state index contributed by atoms with van der Waals surface area (Å²) in [6, 6.07) is 5.79. The standard InChI is InChI=1S/C16H24ClFN2/c1-11(2)20-8-4-3-5-13(10-19)16(20)12-6-7-14(17)15(18)9-12/h6-7,9,11,13,16H,3-5,8,10,19H2,1-2H3. The molecule has 2 nitrogen and oxygen atoms in total. The van der Waals surface area contributed by atoms with E-state index in [1.807, 2.05) is 6.07 Å². The van der Waals surface area contributed by atoms with Crippen molar-refractivity contribution in [3.63, 3.8) is 0 Å². The monoisotopic (exact) mass is 298 g/mol. The Bertz CT molecular complexity index is 450. The largest absolute Gasteiger partial charge is 0.330 e. The van der Waals surface area contributed by atoms with Gasteiger partial charge in [-0.2, -0.15) is 0 Å². The summed E-state index contributed by atoms with van der Waals surface area (Å²) < 4.78 is 13.8. The molecule has 0 saturated carbocycles. The van der Waals surface area contributed by atoms with E-state index in [9.17, 15) is 4.39 Å². The third-order valence-corrected chi connectivity index (χ3v) is 4.60. The van der Waals surface area contributed by atoms with E-state index in [4.69, 9.17) is 17.3 Å². The lowest BCUT2D eigenvalue weighted by molar-refractivity contribution is 0.121. The van der Waals surface area contributed by atoms with Gasteiger partial charge in [0.25, 0.3) is 0 Å². The van der Waals surface area contributed by atoms with Crippen LogP contribution in [0, 0.1) is 11.7 Å². The van der Waals surface area contributed by atoms with Crippen LogP contribution >= 0.6 is 11.6 Å². The highest BCUT2D eigenvalue weighted by Gasteiger charge is 2.32. The summed E-state index contributed by atoms with van der Waals surface area (Å²) >= 11 is 5.81. The molecule has 0 bridgehead atoms. The van der Waals surface area contributed by atoms with Crippen molar-refractivity contribution in [2.45, 2.75) is 45.2 Å². The van der Waals surface area contributed by atoms with Gasteiger partial charge >= 0.3 is 0 Å². The Morgan fingerprint density at radius 2 is 2.15 bits per heavy atom. The fourth-order valence-corrected chi connectivity index (χ4v) is 3.37. The maximum atomic E-state index is 13.8. The molecule has 1 saturated heterocycles. The number of hydrogen-bond donors (Lipinski definition) is 1. The van der Waals surface area contributed by atoms with E-state index in [1.54, 1.807) is 12.1 Å². The van der Waals surface area contributed by atoms with Gasteiger partial charge in [-0.1, -0.05) is 24.1 Å². The summed E-state index contributed by atoms with van der Waals surface area (Å²) in [6.45, 7) is 6.07. The fraction of sp³-hybridized carbons (Fsp3) is 0.625. The molecule has 112 valence electrons. The van der Waals surface area contributed by atoms with Gasteiger partial charge in [0.15, 0.2) is 0 Å². The van der Waals surface area contributed by atoms with Crippen LogP contribution in [0.4, 0.5) is 4.39 Å². The van der Waals surface area contributed by atoms with E-state index in [1.165, 1.54) is 12.8 Å². The third-order valence-electron chi connectivity index (χ3n) is 4.30. The van der Waals surface area contributed by atoms with Crippen LogP contribution in [0.1, 0.15) is 44.7 Å². The Balaban J connectivity index is 2.40. The second kappa shape index (κ2) is 6.88. The number of halogens is 2. The van der Waals surface area contributed by atoms with Crippen LogP contribution in [0.25, 0.3) is 0 Å². The highest BCUT2D eigenvalue weighted by molar-refractivity contribution is 6.30. The zero-order chi connectivity index (χ0) is 14.7. The van der Waals surface area contributed by atoms with Gasteiger partial charge in [0.2, 0.25) is 0 Å². The van der Waals surface area contributed by atoms with Crippen LogP contribution < -0.4 is 5.73 Å². The normalized spacial score (nSPS) is 24.9. The molecule has 4 heteroatoms. The Hall–Kier alpha value is -0.640. The fourth-order valence-electron chi connectivity index (χ4n) is 3.25. The van der Waals surface area contributed by atoms with Gasteiger partial charge in [-0.15, -0.1) is 0 Å². The number of nitrogens with two attached hydrogens (primary N) is 1. The van der Waals surface area contributed by atoms with Crippen molar-refractivity contribution in [2.75, 3.05) is 13.1 Å². The van der Waals surface area contributed by atoms with E-state index in [0.29, 0.717) is 18.5 Å². The molecule has 0 aliphatic carbocycles. The smallest absolute Gasteiger partial charge is 0.142 e. The molecule has 1 fully saturated rings. The first kappa shape index (κ1) is 15.7. The Kier molecular flexibility index (Phi) is 5.42. The quantitative estimate of drug-likeness (QED) is 0.914. The molecule has 1 aliphatic rings. The minimum absolute atomic E-state index is 0.183. The number of nitrogens with zero attached hydrogens (tertiary/aromatic N) is 1. The summed E-state index contributed by atoms with van der Waals surface area (Å²) in [5.41, 5.74) is 6.98.